The third kappa shape index (κ3) is 1.81. The normalized spacial score (nSPS) is 15.9. The Bertz CT molecular complexity index is 504. The molecule has 0 bridgehead atoms. The monoisotopic (exact) mass is 243 g/mol. The maximum absolute atomic E-state index is 11.6. The van der Waals surface area contributed by atoms with E-state index in [-0.39, 0.29) is 0 Å². The molecule has 0 atom stereocenters. The lowest BCUT2D eigenvalue weighted by molar-refractivity contribution is 0.523. The fourth-order valence-electron chi connectivity index (χ4n) is 2.16. The van der Waals surface area contributed by atoms with E-state index in [9.17, 15) is 8.42 Å². The minimum absolute atomic E-state index is 0.720. The number of anilines is 1. The second-order valence-corrected chi connectivity index (χ2v) is 6.29. The lowest BCUT2D eigenvalue weighted by Gasteiger charge is -2.22. The Morgan fingerprint density at radius 2 is 2.06 bits per heavy atom. The Morgan fingerprint density at radius 3 is 2.69 bits per heavy atom. The van der Waals surface area contributed by atoms with Crippen LogP contribution in [-0.4, -0.2) is 31.3 Å². The van der Waals surface area contributed by atoms with Crippen LogP contribution in [0.15, 0.2) is 0 Å². The molecule has 0 N–H and O–H groups in total. The van der Waals surface area contributed by atoms with Crippen LogP contribution in [0.5, 0.6) is 0 Å². The standard InChI is InChI=1S/C10H17N3O2S/c1-8-10(12(2)16(3,14)15)13-7-5-4-6-9(13)11-8/h4-7H2,1-3H3. The number of nitrogens with zero attached hydrogens (tertiary/aromatic N) is 3. The van der Waals surface area contributed by atoms with Gasteiger partial charge in [-0.2, -0.15) is 0 Å². The highest BCUT2D eigenvalue weighted by atomic mass is 32.2. The highest BCUT2D eigenvalue weighted by molar-refractivity contribution is 7.92. The quantitative estimate of drug-likeness (QED) is 0.776. The largest absolute Gasteiger partial charge is 0.314 e. The molecule has 5 nitrogen and oxygen atoms in total. The van der Waals surface area contributed by atoms with Gasteiger partial charge in [-0.05, 0) is 19.8 Å². The molecule has 2 heterocycles. The summed E-state index contributed by atoms with van der Waals surface area (Å²) in [7, 11) is -1.62. The molecule has 1 aliphatic rings. The first-order chi connectivity index (χ1) is 7.41. The number of sulfonamides is 1. The van der Waals surface area contributed by atoms with E-state index in [0.29, 0.717) is 0 Å². The van der Waals surface area contributed by atoms with Crippen LogP contribution in [0, 0.1) is 6.92 Å². The van der Waals surface area contributed by atoms with E-state index >= 15 is 0 Å². The molecule has 0 radical (unpaired) electrons. The van der Waals surface area contributed by atoms with Gasteiger partial charge in [0.1, 0.15) is 11.6 Å². The Morgan fingerprint density at radius 1 is 1.38 bits per heavy atom. The van der Waals surface area contributed by atoms with Crippen LogP contribution >= 0.6 is 0 Å². The first-order valence-electron chi connectivity index (χ1n) is 5.41. The molecule has 16 heavy (non-hydrogen) atoms. The second-order valence-electron chi connectivity index (χ2n) is 4.28. The molecule has 0 aliphatic carbocycles. The van der Waals surface area contributed by atoms with Gasteiger partial charge in [0.25, 0.3) is 0 Å². The van der Waals surface area contributed by atoms with E-state index in [0.717, 1.165) is 43.1 Å². The fourth-order valence-corrected chi connectivity index (χ4v) is 2.70. The third-order valence-corrected chi connectivity index (χ3v) is 4.18. The number of aromatic nitrogens is 2. The molecule has 0 saturated carbocycles. The summed E-state index contributed by atoms with van der Waals surface area (Å²) in [5.74, 6) is 1.73. The van der Waals surface area contributed by atoms with Gasteiger partial charge in [-0.15, -0.1) is 0 Å². The molecular weight excluding hydrogens is 226 g/mol. The summed E-state index contributed by atoms with van der Waals surface area (Å²) in [6.07, 6.45) is 4.39. The van der Waals surface area contributed by atoms with Gasteiger partial charge in [-0.1, -0.05) is 0 Å². The van der Waals surface area contributed by atoms with Crippen LogP contribution in [0.4, 0.5) is 5.82 Å². The summed E-state index contributed by atoms with van der Waals surface area (Å²) in [4.78, 5) is 4.44. The number of hydrogen-bond donors (Lipinski definition) is 0. The Hall–Kier alpha value is -1.04. The Labute approximate surface area is 96.1 Å². The van der Waals surface area contributed by atoms with Crippen molar-refractivity contribution in [3.63, 3.8) is 0 Å². The molecule has 90 valence electrons. The molecule has 0 aromatic carbocycles. The van der Waals surface area contributed by atoms with Gasteiger partial charge in [0.15, 0.2) is 0 Å². The maximum Gasteiger partial charge on any atom is 0.233 e. The fraction of sp³-hybridized carbons (Fsp3) is 0.700. The zero-order chi connectivity index (χ0) is 11.9. The summed E-state index contributed by atoms with van der Waals surface area (Å²) >= 11 is 0. The van der Waals surface area contributed by atoms with Gasteiger partial charge in [-0.25, -0.2) is 13.4 Å². The number of rotatable bonds is 2. The van der Waals surface area contributed by atoms with E-state index in [4.69, 9.17) is 0 Å². The lowest BCUT2D eigenvalue weighted by atomic mass is 10.2. The molecular formula is C10H17N3O2S. The molecule has 1 aromatic rings. The van der Waals surface area contributed by atoms with Gasteiger partial charge in [0, 0.05) is 20.0 Å². The third-order valence-electron chi connectivity index (χ3n) is 3.02. The molecule has 0 spiro atoms. The van der Waals surface area contributed by atoms with Crippen molar-refractivity contribution < 1.29 is 8.42 Å². The maximum atomic E-state index is 11.6. The zero-order valence-corrected chi connectivity index (χ0v) is 10.7. The second kappa shape index (κ2) is 3.76. The van der Waals surface area contributed by atoms with Gasteiger partial charge in [-0.3, -0.25) is 4.31 Å². The highest BCUT2D eigenvalue weighted by Gasteiger charge is 2.24. The van der Waals surface area contributed by atoms with E-state index in [2.05, 4.69) is 4.98 Å². The summed E-state index contributed by atoms with van der Waals surface area (Å²) < 4.78 is 26.5. The summed E-state index contributed by atoms with van der Waals surface area (Å²) in [5, 5.41) is 0. The zero-order valence-electron chi connectivity index (χ0n) is 9.89. The summed E-state index contributed by atoms with van der Waals surface area (Å²) in [6, 6.07) is 0. The molecule has 0 unspecified atom stereocenters. The van der Waals surface area contributed by atoms with Crippen LogP contribution < -0.4 is 4.31 Å². The minimum Gasteiger partial charge on any atom is -0.314 e. The Kier molecular flexibility index (Phi) is 2.69. The first kappa shape index (κ1) is 11.4. The summed E-state index contributed by atoms with van der Waals surface area (Å²) in [5.41, 5.74) is 0.796. The van der Waals surface area contributed by atoms with Crippen molar-refractivity contribution in [2.24, 2.45) is 0 Å². The average Bonchev–Trinajstić information content (AvgIpc) is 2.51. The van der Waals surface area contributed by atoms with Crippen LogP contribution in [0.2, 0.25) is 0 Å². The number of hydrogen-bond acceptors (Lipinski definition) is 3. The predicted octanol–water partition coefficient (Wildman–Crippen LogP) is 0.924. The van der Waals surface area contributed by atoms with Crippen molar-refractivity contribution >= 4 is 15.8 Å². The van der Waals surface area contributed by atoms with Crippen LogP contribution in [0.25, 0.3) is 0 Å². The molecule has 0 amide bonds. The van der Waals surface area contributed by atoms with Gasteiger partial charge >= 0.3 is 0 Å². The molecule has 0 saturated heterocycles. The SMILES string of the molecule is Cc1nc2n(c1N(C)S(C)(=O)=O)CCCC2. The van der Waals surface area contributed by atoms with Crippen LogP contribution in [0.1, 0.15) is 24.4 Å². The van der Waals surface area contributed by atoms with Crippen molar-refractivity contribution in [2.75, 3.05) is 17.6 Å². The van der Waals surface area contributed by atoms with Crippen LogP contribution in [0.3, 0.4) is 0 Å². The van der Waals surface area contributed by atoms with E-state index < -0.39 is 10.0 Å². The molecule has 1 aromatic heterocycles. The molecule has 6 heteroatoms. The van der Waals surface area contributed by atoms with Crippen molar-refractivity contribution in [3.8, 4) is 0 Å². The topological polar surface area (TPSA) is 55.2 Å². The first-order valence-corrected chi connectivity index (χ1v) is 7.26. The summed E-state index contributed by atoms with van der Waals surface area (Å²) in [6.45, 7) is 2.73. The van der Waals surface area contributed by atoms with Crippen molar-refractivity contribution in [3.05, 3.63) is 11.5 Å². The molecule has 0 fully saturated rings. The van der Waals surface area contributed by atoms with Crippen molar-refractivity contribution in [1.82, 2.24) is 9.55 Å². The number of aryl methyl sites for hydroxylation is 2. The average molecular weight is 243 g/mol. The van der Waals surface area contributed by atoms with Crippen LogP contribution in [-0.2, 0) is 23.0 Å². The lowest BCUT2D eigenvalue weighted by Crippen LogP contribution is -2.28. The van der Waals surface area contributed by atoms with Gasteiger partial charge in [0.05, 0.1) is 11.9 Å². The van der Waals surface area contributed by atoms with E-state index in [1.54, 1.807) is 7.05 Å². The molecule has 1 aliphatic heterocycles. The minimum atomic E-state index is -3.21. The van der Waals surface area contributed by atoms with Crippen molar-refractivity contribution in [2.45, 2.75) is 32.7 Å². The molecule has 2 rings (SSSR count). The van der Waals surface area contributed by atoms with Gasteiger partial charge in [0.2, 0.25) is 10.0 Å². The smallest absolute Gasteiger partial charge is 0.233 e. The van der Waals surface area contributed by atoms with Gasteiger partial charge < -0.3 is 4.57 Å². The number of imidazole rings is 1. The van der Waals surface area contributed by atoms with Crippen molar-refractivity contribution in [1.29, 1.82) is 0 Å². The van der Waals surface area contributed by atoms with E-state index in [1.807, 2.05) is 11.5 Å². The van der Waals surface area contributed by atoms with E-state index in [1.165, 1.54) is 10.6 Å². The highest BCUT2D eigenvalue weighted by Crippen LogP contribution is 2.27. The number of fused-ring (bicyclic) bond motifs is 1. The predicted molar refractivity (Wildman–Crippen MR) is 63.1 cm³/mol. The Balaban J connectivity index is 2.52.